The molecule has 1 unspecified atom stereocenters. The summed E-state index contributed by atoms with van der Waals surface area (Å²) in [6.45, 7) is 1.44. The van der Waals surface area contributed by atoms with Gasteiger partial charge in [0.15, 0.2) is 18.4 Å². The Balaban J connectivity index is 1.54. The van der Waals surface area contributed by atoms with Crippen molar-refractivity contribution in [3.63, 3.8) is 0 Å². The molecule has 244 valence electrons. The number of nitrogens with two attached hydrogens (primary N) is 4. The molecule has 0 amide bonds. The first kappa shape index (κ1) is 34.0. The highest BCUT2D eigenvalue weighted by molar-refractivity contribution is 5.83. The van der Waals surface area contributed by atoms with Gasteiger partial charge in [-0.15, -0.1) is 0 Å². The number of hydrogen-bond acceptors (Lipinski definition) is 16. The van der Waals surface area contributed by atoms with Crippen LogP contribution in [0.1, 0.15) is 32.1 Å². The van der Waals surface area contributed by atoms with Gasteiger partial charge in [-0.05, 0) is 38.1 Å². The van der Waals surface area contributed by atoms with Gasteiger partial charge in [-0.2, -0.15) is 0 Å². The van der Waals surface area contributed by atoms with Crippen LogP contribution in [0.5, 0.6) is 0 Å². The maximum Gasteiger partial charge on any atom is 0.186 e. The number of nitrogens with one attached hydrogen (secondary N) is 2. The van der Waals surface area contributed by atoms with E-state index < -0.39 is 85.7 Å². The van der Waals surface area contributed by atoms with Crippen molar-refractivity contribution >= 4 is 5.78 Å². The second kappa shape index (κ2) is 15.4. The fourth-order valence-electron chi connectivity index (χ4n) is 6.19. The molecular weight excluding hydrogens is 556 g/mol. The van der Waals surface area contributed by atoms with E-state index in [9.17, 15) is 30.3 Å². The lowest BCUT2D eigenvalue weighted by molar-refractivity contribution is -0.318. The van der Waals surface area contributed by atoms with E-state index in [-0.39, 0.29) is 44.0 Å². The molecule has 0 aromatic carbocycles. The molecule has 0 aromatic heterocycles. The van der Waals surface area contributed by atoms with E-state index in [1.807, 2.05) is 0 Å². The second-order valence-electron chi connectivity index (χ2n) is 12.0. The van der Waals surface area contributed by atoms with Crippen LogP contribution in [0, 0.1) is 5.92 Å². The van der Waals surface area contributed by atoms with Crippen LogP contribution in [0.15, 0.2) is 0 Å². The summed E-state index contributed by atoms with van der Waals surface area (Å²) in [7, 11) is 0. The van der Waals surface area contributed by atoms with Crippen molar-refractivity contribution in [3.05, 3.63) is 0 Å². The van der Waals surface area contributed by atoms with Crippen LogP contribution in [0.4, 0.5) is 0 Å². The highest BCUT2D eigenvalue weighted by atomic mass is 16.7. The SMILES string of the molecule is NCC[C@H](O)C(=O)C[C@@H]1C[C@H](N)C(O[C@H]2O[C@H](CN)CC[C@H]2NC2CNC2)[C@H](O)[C@H]1O[C@H]1O[C@H](CO)[C@@H](O)[C@H](N)[C@H]1O. The van der Waals surface area contributed by atoms with Gasteiger partial charge in [0.25, 0.3) is 0 Å². The van der Waals surface area contributed by atoms with Crippen molar-refractivity contribution in [1.29, 1.82) is 0 Å². The van der Waals surface area contributed by atoms with Crippen LogP contribution in [-0.4, -0.2) is 150 Å². The number of aliphatic hydroxyl groups excluding tert-OH is 5. The third kappa shape index (κ3) is 7.82. The minimum atomic E-state index is -1.51. The van der Waals surface area contributed by atoms with Gasteiger partial charge in [0.1, 0.15) is 36.6 Å². The Hall–Kier alpha value is -0.930. The van der Waals surface area contributed by atoms with E-state index in [4.69, 9.17) is 41.9 Å². The lowest BCUT2D eigenvalue weighted by atomic mass is 9.76. The number of Topliss-reactive ketones (excluding diaryl/α,β-unsaturated/α-hetero) is 1. The van der Waals surface area contributed by atoms with Gasteiger partial charge < -0.3 is 78.0 Å². The van der Waals surface area contributed by atoms with Gasteiger partial charge >= 0.3 is 0 Å². The molecule has 3 aliphatic heterocycles. The number of rotatable bonds is 13. The van der Waals surface area contributed by atoms with Gasteiger partial charge in [-0.1, -0.05) is 0 Å². The summed E-state index contributed by atoms with van der Waals surface area (Å²) in [6, 6.07) is -1.89. The van der Waals surface area contributed by atoms with Crippen LogP contribution in [0.3, 0.4) is 0 Å². The molecule has 16 nitrogen and oxygen atoms in total. The summed E-state index contributed by atoms with van der Waals surface area (Å²) in [5, 5.41) is 59.3. The minimum absolute atomic E-state index is 0.0685. The average molecular weight is 607 g/mol. The van der Waals surface area contributed by atoms with Crippen molar-refractivity contribution in [1.82, 2.24) is 10.6 Å². The van der Waals surface area contributed by atoms with E-state index in [0.29, 0.717) is 6.54 Å². The van der Waals surface area contributed by atoms with Crippen molar-refractivity contribution in [2.45, 2.75) is 118 Å². The van der Waals surface area contributed by atoms with Gasteiger partial charge in [0.05, 0.1) is 30.9 Å². The Morgan fingerprint density at radius 1 is 1.00 bits per heavy atom. The fourth-order valence-corrected chi connectivity index (χ4v) is 6.19. The van der Waals surface area contributed by atoms with Crippen molar-refractivity contribution in [2.24, 2.45) is 28.9 Å². The molecule has 42 heavy (non-hydrogen) atoms. The zero-order valence-electron chi connectivity index (χ0n) is 23.8. The molecule has 15 N–H and O–H groups in total. The maximum atomic E-state index is 12.8. The summed E-state index contributed by atoms with van der Waals surface area (Å²) in [5.41, 5.74) is 23.9. The number of ether oxygens (including phenoxy) is 4. The summed E-state index contributed by atoms with van der Waals surface area (Å²) in [5.74, 6) is -1.21. The zero-order valence-corrected chi connectivity index (χ0v) is 23.8. The maximum absolute atomic E-state index is 12.8. The molecule has 0 spiro atoms. The number of carbonyl (C=O) groups is 1. The standard InChI is InChI=1S/C26H50N6O10/c27-4-3-16(34)17(35)6-11-5-14(29)24(42-25-15(32-12-8-31-9-12)2-1-13(7-28)39-25)22(38)23(11)41-26-21(37)19(30)20(36)18(10-33)40-26/h11-16,18-26,31-34,36-38H,1-10,27-30H2/t11-,13-,14-,15+,16-,18+,19-,20+,21+,22+,23-,24?,25+,26+/m0/s1. The molecule has 14 atom stereocenters. The van der Waals surface area contributed by atoms with Gasteiger partial charge in [0, 0.05) is 38.1 Å². The molecule has 3 heterocycles. The molecule has 0 bridgehead atoms. The Labute approximate surface area is 245 Å². The molecule has 4 fully saturated rings. The number of aliphatic hydroxyl groups is 5. The first-order valence-electron chi connectivity index (χ1n) is 14.9. The monoisotopic (exact) mass is 606 g/mol. The smallest absolute Gasteiger partial charge is 0.186 e. The third-order valence-electron chi connectivity index (χ3n) is 8.88. The van der Waals surface area contributed by atoms with Gasteiger partial charge in [-0.25, -0.2) is 0 Å². The quantitative estimate of drug-likeness (QED) is 0.0931. The van der Waals surface area contributed by atoms with Crippen LogP contribution < -0.4 is 33.6 Å². The minimum Gasteiger partial charge on any atom is -0.394 e. The predicted octanol–water partition coefficient (Wildman–Crippen LogP) is -5.71. The van der Waals surface area contributed by atoms with Crippen LogP contribution >= 0.6 is 0 Å². The van der Waals surface area contributed by atoms with E-state index in [2.05, 4.69) is 10.6 Å². The second-order valence-corrected chi connectivity index (χ2v) is 12.0. The van der Waals surface area contributed by atoms with E-state index in [1.165, 1.54) is 0 Å². The fraction of sp³-hybridized carbons (Fsp3) is 0.962. The Bertz CT molecular complexity index is 858. The molecule has 1 aliphatic carbocycles. The number of ketones is 1. The molecule has 1 saturated carbocycles. The van der Waals surface area contributed by atoms with E-state index >= 15 is 0 Å². The molecule has 0 aromatic rings. The molecule has 4 rings (SSSR count). The Morgan fingerprint density at radius 3 is 2.33 bits per heavy atom. The molecular formula is C26H50N6O10. The zero-order chi connectivity index (χ0) is 30.6. The van der Waals surface area contributed by atoms with Crippen molar-refractivity contribution in [2.75, 3.05) is 32.8 Å². The summed E-state index contributed by atoms with van der Waals surface area (Å²) >= 11 is 0. The largest absolute Gasteiger partial charge is 0.394 e. The predicted molar refractivity (Wildman–Crippen MR) is 147 cm³/mol. The number of carbonyl (C=O) groups excluding carboxylic acids is 1. The van der Waals surface area contributed by atoms with E-state index in [1.54, 1.807) is 0 Å². The Morgan fingerprint density at radius 2 is 1.71 bits per heavy atom. The summed E-state index contributed by atoms with van der Waals surface area (Å²) in [6.07, 6.45) is -9.86. The molecule has 0 radical (unpaired) electrons. The highest BCUT2D eigenvalue weighted by Crippen LogP contribution is 2.36. The van der Waals surface area contributed by atoms with E-state index in [0.717, 1.165) is 25.9 Å². The normalized spacial score (nSPS) is 44.0. The van der Waals surface area contributed by atoms with Crippen molar-refractivity contribution in [3.8, 4) is 0 Å². The Kier molecular flexibility index (Phi) is 12.4. The number of hydrogen-bond donors (Lipinski definition) is 11. The summed E-state index contributed by atoms with van der Waals surface area (Å²) < 4.78 is 24.2. The van der Waals surface area contributed by atoms with Gasteiger partial charge in [0.2, 0.25) is 0 Å². The first-order chi connectivity index (χ1) is 20.1. The van der Waals surface area contributed by atoms with Gasteiger partial charge in [-0.3, -0.25) is 4.79 Å². The third-order valence-corrected chi connectivity index (χ3v) is 8.88. The lowest BCUT2D eigenvalue weighted by Gasteiger charge is -2.49. The van der Waals surface area contributed by atoms with Crippen LogP contribution in [0.25, 0.3) is 0 Å². The molecule has 16 heteroatoms. The van der Waals surface area contributed by atoms with Crippen LogP contribution in [-0.2, 0) is 23.7 Å². The highest BCUT2D eigenvalue weighted by Gasteiger charge is 2.51. The lowest BCUT2D eigenvalue weighted by Crippen LogP contribution is -2.66. The molecule has 3 saturated heterocycles. The summed E-state index contributed by atoms with van der Waals surface area (Å²) in [4.78, 5) is 12.8. The first-order valence-corrected chi connectivity index (χ1v) is 14.9. The molecule has 4 aliphatic rings. The topological polar surface area (TPSA) is 283 Å². The van der Waals surface area contributed by atoms with Crippen molar-refractivity contribution < 1.29 is 49.3 Å². The van der Waals surface area contributed by atoms with Crippen LogP contribution in [0.2, 0.25) is 0 Å². The average Bonchev–Trinajstić information content (AvgIpc) is 2.95.